The van der Waals surface area contributed by atoms with Crippen LogP contribution in [0, 0.1) is 11.6 Å². The second-order valence-corrected chi connectivity index (χ2v) is 4.84. The van der Waals surface area contributed by atoms with Crippen molar-refractivity contribution in [2.24, 2.45) is 0 Å². The summed E-state index contributed by atoms with van der Waals surface area (Å²) in [6.45, 7) is 3.45. The molecular weight excluding hydrogens is 276 g/mol. The van der Waals surface area contributed by atoms with Crippen LogP contribution in [0.2, 0.25) is 0 Å². The van der Waals surface area contributed by atoms with Crippen molar-refractivity contribution in [3.05, 3.63) is 47.3 Å². The molecule has 0 saturated carbocycles. The highest BCUT2D eigenvalue weighted by molar-refractivity contribution is 5.45. The van der Waals surface area contributed by atoms with E-state index in [0.29, 0.717) is 48.9 Å². The molecule has 4 nitrogen and oxygen atoms in total. The van der Waals surface area contributed by atoms with E-state index in [-0.39, 0.29) is 0 Å². The quantitative estimate of drug-likeness (QED) is 0.871. The van der Waals surface area contributed by atoms with Crippen LogP contribution in [0.1, 0.15) is 18.1 Å². The lowest BCUT2D eigenvalue weighted by Crippen LogP contribution is -2.31. The molecule has 0 saturated heterocycles. The largest absolute Gasteiger partial charge is 0.478 e. The van der Waals surface area contributed by atoms with Gasteiger partial charge in [0, 0.05) is 25.2 Å². The highest BCUT2D eigenvalue weighted by Crippen LogP contribution is 2.26. The van der Waals surface area contributed by atoms with Gasteiger partial charge in [-0.05, 0) is 30.5 Å². The Hall–Kier alpha value is -2.24. The molecule has 0 unspecified atom stereocenters. The number of hydrogen-bond donors (Lipinski definition) is 0. The van der Waals surface area contributed by atoms with Crippen molar-refractivity contribution in [3.8, 4) is 5.88 Å². The summed E-state index contributed by atoms with van der Waals surface area (Å²) >= 11 is 0. The lowest BCUT2D eigenvalue weighted by atomic mass is 9.99. The molecule has 110 valence electrons. The predicted molar refractivity (Wildman–Crippen MR) is 74.3 cm³/mol. The first-order valence-corrected chi connectivity index (χ1v) is 6.84. The molecule has 0 radical (unpaired) electrons. The molecule has 0 spiro atoms. The van der Waals surface area contributed by atoms with Gasteiger partial charge in [0.05, 0.1) is 6.61 Å². The minimum absolute atomic E-state index is 0.423. The summed E-state index contributed by atoms with van der Waals surface area (Å²) in [6, 6.07) is 4.06. The van der Waals surface area contributed by atoms with Gasteiger partial charge in [-0.1, -0.05) is 0 Å². The van der Waals surface area contributed by atoms with Crippen LogP contribution in [-0.4, -0.2) is 23.1 Å². The Kier molecular flexibility index (Phi) is 3.68. The van der Waals surface area contributed by atoms with Gasteiger partial charge in [0.1, 0.15) is 23.8 Å². The minimum atomic E-state index is -0.550. The third-order valence-electron chi connectivity index (χ3n) is 3.49. The SMILES string of the molecule is CCOc1cc(N2CCc3c(F)cc(F)cc3C2)ncn1. The van der Waals surface area contributed by atoms with Crippen molar-refractivity contribution < 1.29 is 13.5 Å². The summed E-state index contributed by atoms with van der Waals surface area (Å²) in [4.78, 5) is 10.2. The smallest absolute Gasteiger partial charge is 0.218 e. The number of hydrogen-bond acceptors (Lipinski definition) is 4. The van der Waals surface area contributed by atoms with Crippen LogP contribution in [-0.2, 0) is 13.0 Å². The zero-order valence-corrected chi connectivity index (χ0v) is 11.6. The maximum absolute atomic E-state index is 13.7. The Morgan fingerprint density at radius 2 is 2.10 bits per heavy atom. The van der Waals surface area contributed by atoms with E-state index in [1.165, 1.54) is 12.4 Å². The standard InChI is InChI=1S/C15H15F2N3O/c1-2-21-15-7-14(18-9-19-15)20-4-3-12-10(8-20)5-11(16)6-13(12)17/h5-7,9H,2-4,8H2,1H3. The number of nitrogens with zero attached hydrogens (tertiary/aromatic N) is 3. The van der Waals surface area contributed by atoms with Gasteiger partial charge in [-0.25, -0.2) is 18.7 Å². The van der Waals surface area contributed by atoms with Gasteiger partial charge in [-0.15, -0.1) is 0 Å². The van der Waals surface area contributed by atoms with Crippen molar-refractivity contribution in [1.82, 2.24) is 9.97 Å². The maximum Gasteiger partial charge on any atom is 0.218 e. The molecule has 1 aliphatic heterocycles. The van der Waals surface area contributed by atoms with Crippen LogP contribution in [0.25, 0.3) is 0 Å². The second-order valence-electron chi connectivity index (χ2n) is 4.84. The minimum Gasteiger partial charge on any atom is -0.478 e. The lowest BCUT2D eigenvalue weighted by Gasteiger charge is -2.30. The van der Waals surface area contributed by atoms with E-state index < -0.39 is 11.6 Å². The number of fused-ring (bicyclic) bond motifs is 1. The molecule has 0 N–H and O–H groups in total. The fourth-order valence-corrected chi connectivity index (χ4v) is 2.53. The van der Waals surface area contributed by atoms with Crippen LogP contribution >= 0.6 is 0 Å². The van der Waals surface area contributed by atoms with Crippen LogP contribution in [0.4, 0.5) is 14.6 Å². The van der Waals surface area contributed by atoms with Gasteiger partial charge >= 0.3 is 0 Å². The lowest BCUT2D eigenvalue weighted by molar-refractivity contribution is 0.326. The van der Waals surface area contributed by atoms with Gasteiger partial charge in [0.25, 0.3) is 0 Å². The number of rotatable bonds is 3. The molecular formula is C15H15F2N3O. The van der Waals surface area contributed by atoms with E-state index in [0.717, 1.165) is 6.07 Å². The zero-order chi connectivity index (χ0) is 14.8. The first-order valence-electron chi connectivity index (χ1n) is 6.84. The summed E-state index contributed by atoms with van der Waals surface area (Å²) in [5, 5.41) is 0. The third kappa shape index (κ3) is 2.79. The molecule has 0 amide bonds. The highest BCUT2D eigenvalue weighted by atomic mass is 19.1. The molecule has 1 aromatic carbocycles. The van der Waals surface area contributed by atoms with Gasteiger partial charge in [-0.3, -0.25) is 0 Å². The molecule has 1 aliphatic rings. The van der Waals surface area contributed by atoms with Crippen LogP contribution < -0.4 is 9.64 Å². The van der Waals surface area contributed by atoms with E-state index in [2.05, 4.69) is 9.97 Å². The Bertz CT molecular complexity index is 663. The van der Waals surface area contributed by atoms with Crippen molar-refractivity contribution >= 4 is 5.82 Å². The normalized spacial score (nSPS) is 14.0. The molecule has 3 rings (SSSR count). The zero-order valence-electron chi connectivity index (χ0n) is 11.6. The molecule has 0 atom stereocenters. The monoisotopic (exact) mass is 291 g/mol. The van der Waals surface area contributed by atoms with Crippen molar-refractivity contribution in [2.45, 2.75) is 19.9 Å². The molecule has 2 aromatic rings. The van der Waals surface area contributed by atoms with Crippen LogP contribution in [0.15, 0.2) is 24.5 Å². The summed E-state index contributed by atoms with van der Waals surface area (Å²) < 4.78 is 32.4. The average Bonchev–Trinajstić information content (AvgIpc) is 2.47. The number of halogens is 2. The molecule has 1 aromatic heterocycles. The van der Waals surface area contributed by atoms with Gasteiger partial charge in [0.2, 0.25) is 5.88 Å². The fraction of sp³-hybridized carbons (Fsp3) is 0.333. The molecule has 0 fully saturated rings. The van der Waals surface area contributed by atoms with E-state index in [4.69, 9.17) is 4.74 Å². The Morgan fingerprint density at radius 1 is 1.24 bits per heavy atom. The predicted octanol–water partition coefficient (Wildman–Crippen LogP) is 2.72. The number of ether oxygens (including phenoxy) is 1. The van der Waals surface area contributed by atoms with E-state index in [9.17, 15) is 8.78 Å². The first-order chi connectivity index (χ1) is 10.2. The van der Waals surface area contributed by atoms with Gasteiger partial charge < -0.3 is 9.64 Å². The molecule has 0 aliphatic carbocycles. The molecule has 6 heteroatoms. The molecule has 2 heterocycles. The third-order valence-corrected chi connectivity index (χ3v) is 3.49. The maximum atomic E-state index is 13.7. The summed E-state index contributed by atoms with van der Waals surface area (Å²) in [5.41, 5.74) is 1.25. The summed E-state index contributed by atoms with van der Waals surface area (Å²) in [7, 11) is 0. The second kappa shape index (κ2) is 5.63. The van der Waals surface area contributed by atoms with Gasteiger partial charge in [0.15, 0.2) is 0 Å². The highest BCUT2D eigenvalue weighted by Gasteiger charge is 2.21. The summed E-state index contributed by atoms with van der Waals surface area (Å²) in [6.07, 6.45) is 1.96. The molecule has 21 heavy (non-hydrogen) atoms. The number of aromatic nitrogens is 2. The van der Waals surface area contributed by atoms with Crippen molar-refractivity contribution in [1.29, 1.82) is 0 Å². The number of benzene rings is 1. The van der Waals surface area contributed by atoms with E-state index in [1.807, 2.05) is 11.8 Å². The van der Waals surface area contributed by atoms with Gasteiger partial charge in [-0.2, -0.15) is 0 Å². The van der Waals surface area contributed by atoms with Crippen LogP contribution in [0.5, 0.6) is 5.88 Å². The molecule has 0 bridgehead atoms. The van der Waals surface area contributed by atoms with Crippen LogP contribution in [0.3, 0.4) is 0 Å². The van der Waals surface area contributed by atoms with E-state index in [1.54, 1.807) is 6.07 Å². The first kappa shape index (κ1) is 13.7. The topological polar surface area (TPSA) is 38.2 Å². The fourth-order valence-electron chi connectivity index (χ4n) is 2.53. The Balaban J connectivity index is 1.87. The van der Waals surface area contributed by atoms with Crippen molar-refractivity contribution in [2.75, 3.05) is 18.1 Å². The summed E-state index contributed by atoms with van der Waals surface area (Å²) in [5.74, 6) is 0.177. The number of anilines is 1. The Morgan fingerprint density at radius 3 is 2.90 bits per heavy atom. The van der Waals surface area contributed by atoms with E-state index >= 15 is 0 Å². The average molecular weight is 291 g/mol. The Labute approximate surface area is 121 Å². The van der Waals surface area contributed by atoms with Crippen molar-refractivity contribution in [3.63, 3.8) is 0 Å².